The Hall–Kier alpha value is -2.79. The highest BCUT2D eigenvalue weighted by molar-refractivity contribution is 5.81. The summed E-state index contributed by atoms with van der Waals surface area (Å²) in [6.45, 7) is 4.95. The molecule has 0 saturated heterocycles. The van der Waals surface area contributed by atoms with E-state index in [-0.39, 0.29) is 11.6 Å². The number of nitrogens with one attached hydrogen (secondary N) is 2. The highest BCUT2D eigenvalue weighted by atomic mass is 16.5. The molecule has 3 aromatic rings. The van der Waals surface area contributed by atoms with Gasteiger partial charge < -0.3 is 19.8 Å². The number of methoxy groups -OCH3 is 2. The van der Waals surface area contributed by atoms with E-state index < -0.39 is 0 Å². The highest BCUT2D eigenvalue weighted by Crippen LogP contribution is 2.37. The van der Waals surface area contributed by atoms with Crippen LogP contribution in [0.5, 0.6) is 11.5 Å². The van der Waals surface area contributed by atoms with Gasteiger partial charge in [0.15, 0.2) is 11.5 Å². The summed E-state index contributed by atoms with van der Waals surface area (Å²) < 4.78 is 10.9. The number of hydrogen-bond acceptors (Lipinski definition) is 4. The standard InChI is InChI=1S/C22H24N2O3/c1-12-7-15-9-17(22(25)24-18(15)8-13(12)2)21-16-11-20(27-4)19(26-3)10-14(16)5-6-23-21/h7-11,21,23H,5-6H2,1-4H3,(H,24,25)/t21-/m1/s1. The van der Waals surface area contributed by atoms with E-state index in [0.29, 0.717) is 5.75 Å². The van der Waals surface area contributed by atoms with E-state index in [2.05, 4.69) is 30.2 Å². The summed E-state index contributed by atoms with van der Waals surface area (Å²) >= 11 is 0. The highest BCUT2D eigenvalue weighted by Gasteiger charge is 2.26. The predicted molar refractivity (Wildman–Crippen MR) is 107 cm³/mol. The Morgan fingerprint density at radius 1 is 0.926 bits per heavy atom. The summed E-state index contributed by atoms with van der Waals surface area (Å²) in [6.07, 6.45) is 0.885. The van der Waals surface area contributed by atoms with E-state index in [4.69, 9.17) is 9.47 Å². The zero-order valence-electron chi connectivity index (χ0n) is 16.1. The Balaban J connectivity index is 1.89. The van der Waals surface area contributed by atoms with Crippen LogP contribution in [0.4, 0.5) is 0 Å². The van der Waals surface area contributed by atoms with Crippen molar-refractivity contribution in [3.8, 4) is 11.5 Å². The van der Waals surface area contributed by atoms with Crippen molar-refractivity contribution in [2.75, 3.05) is 20.8 Å². The lowest BCUT2D eigenvalue weighted by molar-refractivity contribution is 0.353. The Bertz CT molecular complexity index is 1090. The first-order chi connectivity index (χ1) is 13.0. The second-order valence-corrected chi connectivity index (χ2v) is 7.12. The van der Waals surface area contributed by atoms with E-state index in [9.17, 15) is 4.79 Å². The first-order valence-electron chi connectivity index (χ1n) is 9.14. The molecule has 1 aromatic heterocycles. The van der Waals surface area contributed by atoms with Crippen molar-refractivity contribution in [3.05, 3.63) is 68.5 Å². The maximum absolute atomic E-state index is 12.9. The molecule has 5 heteroatoms. The summed E-state index contributed by atoms with van der Waals surface area (Å²) in [7, 11) is 3.27. The molecule has 1 atom stereocenters. The van der Waals surface area contributed by atoms with Crippen molar-refractivity contribution in [3.63, 3.8) is 0 Å². The summed E-state index contributed by atoms with van der Waals surface area (Å²) in [5, 5.41) is 4.54. The van der Waals surface area contributed by atoms with Crippen molar-refractivity contribution < 1.29 is 9.47 Å². The van der Waals surface area contributed by atoms with Gasteiger partial charge in [-0.1, -0.05) is 0 Å². The second kappa shape index (κ2) is 6.74. The van der Waals surface area contributed by atoms with Crippen LogP contribution in [0.2, 0.25) is 0 Å². The number of aryl methyl sites for hydroxylation is 2. The lowest BCUT2D eigenvalue weighted by Gasteiger charge is -2.28. The third-order valence-electron chi connectivity index (χ3n) is 5.50. The first kappa shape index (κ1) is 17.6. The smallest absolute Gasteiger partial charge is 0.253 e. The molecular weight excluding hydrogens is 340 g/mol. The number of pyridine rings is 1. The van der Waals surface area contributed by atoms with Gasteiger partial charge in [0.25, 0.3) is 5.56 Å². The van der Waals surface area contributed by atoms with Crippen LogP contribution in [0.1, 0.15) is 33.9 Å². The van der Waals surface area contributed by atoms with E-state index in [0.717, 1.165) is 40.7 Å². The predicted octanol–water partition coefficient (Wildman–Crippen LogP) is 3.40. The van der Waals surface area contributed by atoms with Gasteiger partial charge in [0.05, 0.1) is 20.3 Å². The van der Waals surface area contributed by atoms with Gasteiger partial charge in [-0.05, 0) is 78.2 Å². The van der Waals surface area contributed by atoms with E-state index in [1.54, 1.807) is 14.2 Å². The number of aromatic nitrogens is 1. The number of benzene rings is 2. The monoisotopic (exact) mass is 364 g/mol. The molecular formula is C22H24N2O3. The molecule has 27 heavy (non-hydrogen) atoms. The summed E-state index contributed by atoms with van der Waals surface area (Å²) in [5.74, 6) is 1.39. The molecule has 0 unspecified atom stereocenters. The lowest BCUT2D eigenvalue weighted by atomic mass is 9.89. The van der Waals surface area contributed by atoms with Crippen LogP contribution in [-0.4, -0.2) is 25.7 Å². The number of aromatic amines is 1. The normalized spacial score (nSPS) is 16.2. The second-order valence-electron chi connectivity index (χ2n) is 7.12. The van der Waals surface area contributed by atoms with E-state index in [1.165, 1.54) is 16.7 Å². The van der Waals surface area contributed by atoms with Crippen LogP contribution < -0.4 is 20.3 Å². The van der Waals surface area contributed by atoms with Gasteiger partial charge in [0.1, 0.15) is 0 Å². The SMILES string of the molecule is COc1cc2c(cc1OC)[C@H](c1cc3cc(C)c(C)cc3[nH]c1=O)NCC2. The van der Waals surface area contributed by atoms with E-state index >= 15 is 0 Å². The third kappa shape index (κ3) is 2.98. The van der Waals surface area contributed by atoms with Gasteiger partial charge in [-0.15, -0.1) is 0 Å². The quantitative estimate of drug-likeness (QED) is 0.748. The number of fused-ring (bicyclic) bond motifs is 2. The minimum atomic E-state index is -0.177. The Morgan fingerprint density at radius 2 is 1.63 bits per heavy atom. The first-order valence-corrected chi connectivity index (χ1v) is 9.14. The molecule has 0 aliphatic carbocycles. The van der Waals surface area contributed by atoms with Gasteiger partial charge in [-0.3, -0.25) is 4.79 Å². The molecule has 0 saturated carbocycles. The van der Waals surface area contributed by atoms with Crippen LogP contribution >= 0.6 is 0 Å². The van der Waals surface area contributed by atoms with Crippen molar-refractivity contribution in [1.82, 2.24) is 10.3 Å². The fourth-order valence-electron chi connectivity index (χ4n) is 3.87. The van der Waals surface area contributed by atoms with Crippen molar-refractivity contribution in [2.45, 2.75) is 26.3 Å². The lowest BCUT2D eigenvalue weighted by Crippen LogP contribution is -2.34. The van der Waals surface area contributed by atoms with Crippen LogP contribution in [0.15, 0.2) is 35.1 Å². The number of rotatable bonds is 3. The van der Waals surface area contributed by atoms with Crippen LogP contribution in [0, 0.1) is 13.8 Å². The molecule has 0 spiro atoms. The Morgan fingerprint density at radius 3 is 2.37 bits per heavy atom. The molecule has 2 N–H and O–H groups in total. The summed E-state index contributed by atoms with van der Waals surface area (Å²) in [5.41, 5.74) is 6.15. The van der Waals surface area contributed by atoms with Gasteiger partial charge in [-0.25, -0.2) is 0 Å². The number of ether oxygens (including phenoxy) is 2. The molecule has 2 aromatic carbocycles. The number of hydrogen-bond donors (Lipinski definition) is 2. The fourth-order valence-corrected chi connectivity index (χ4v) is 3.87. The van der Waals surface area contributed by atoms with Crippen LogP contribution in [-0.2, 0) is 6.42 Å². The summed E-state index contributed by atoms with van der Waals surface area (Å²) in [4.78, 5) is 15.9. The zero-order chi connectivity index (χ0) is 19.1. The van der Waals surface area contributed by atoms with Crippen LogP contribution in [0.3, 0.4) is 0 Å². The van der Waals surface area contributed by atoms with E-state index in [1.807, 2.05) is 24.3 Å². The van der Waals surface area contributed by atoms with Gasteiger partial charge in [0.2, 0.25) is 0 Å². The average molecular weight is 364 g/mol. The van der Waals surface area contributed by atoms with Crippen LogP contribution in [0.25, 0.3) is 10.9 Å². The van der Waals surface area contributed by atoms with Gasteiger partial charge in [-0.2, -0.15) is 0 Å². The molecule has 0 fully saturated rings. The minimum Gasteiger partial charge on any atom is -0.493 e. The topological polar surface area (TPSA) is 63.4 Å². The maximum atomic E-state index is 12.9. The fraction of sp³-hybridized carbons (Fsp3) is 0.318. The van der Waals surface area contributed by atoms with Gasteiger partial charge >= 0.3 is 0 Å². The van der Waals surface area contributed by atoms with Crippen molar-refractivity contribution in [2.24, 2.45) is 0 Å². The third-order valence-corrected chi connectivity index (χ3v) is 5.50. The molecule has 1 aliphatic rings. The molecule has 0 bridgehead atoms. The maximum Gasteiger partial charge on any atom is 0.253 e. The molecule has 5 nitrogen and oxygen atoms in total. The van der Waals surface area contributed by atoms with Crippen molar-refractivity contribution in [1.29, 1.82) is 0 Å². The molecule has 1 aliphatic heterocycles. The Kier molecular flexibility index (Phi) is 4.40. The van der Waals surface area contributed by atoms with Crippen molar-refractivity contribution >= 4 is 10.9 Å². The summed E-state index contributed by atoms with van der Waals surface area (Å²) in [6, 6.07) is 9.99. The molecule has 2 heterocycles. The van der Waals surface area contributed by atoms with Gasteiger partial charge in [0, 0.05) is 17.6 Å². The average Bonchev–Trinajstić information content (AvgIpc) is 2.67. The molecule has 4 rings (SSSR count). The molecule has 140 valence electrons. The molecule has 0 amide bonds. The largest absolute Gasteiger partial charge is 0.493 e. The molecule has 0 radical (unpaired) electrons. The zero-order valence-corrected chi connectivity index (χ0v) is 16.1. The minimum absolute atomic E-state index is 0.0640. The Labute approximate surface area is 158 Å². The number of H-pyrrole nitrogens is 1.